The van der Waals surface area contributed by atoms with Gasteiger partial charge in [0.15, 0.2) is 0 Å². The molecule has 0 saturated carbocycles. The number of rotatable bonds is 5. The Hall–Kier alpha value is -1.73. The molecule has 0 aliphatic heterocycles. The molecule has 3 aromatic rings. The van der Waals surface area contributed by atoms with E-state index in [0.29, 0.717) is 5.02 Å². The Labute approximate surface area is 150 Å². The number of halogens is 1. The smallest absolute Gasteiger partial charge is 0.240 e. The molecule has 0 amide bonds. The summed E-state index contributed by atoms with van der Waals surface area (Å²) >= 11 is 7.65. The zero-order valence-corrected chi connectivity index (χ0v) is 15.3. The molecule has 0 fully saturated rings. The molecule has 0 unspecified atom stereocenters. The van der Waals surface area contributed by atoms with Crippen molar-refractivity contribution in [3.63, 3.8) is 0 Å². The monoisotopic (exact) mass is 378 g/mol. The number of nitrogens with one attached hydrogen (secondary N) is 1. The van der Waals surface area contributed by atoms with Gasteiger partial charge in [0.1, 0.15) is 5.01 Å². The lowest BCUT2D eigenvalue weighted by Crippen LogP contribution is -2.23. The van der Waals surface area contributed by atoms with E-state index < -0.39 is 10.0 Å². The minimum atomic E-state index is -3.54. The number of hydrogen-bond acceptors (Lipinski definition) is 4. The van der Waals surface area contributed by atoms with Gasteiger partial charge in [0.25, 0.3) is 0 Å². The van der Waals surface area contributed by atoms with Gasteiger partial charge in [-0.3, -0.25) is 0 Å². The van der Waals surface area contributed by atoms with E-state index in [0.717, 1.165) is 21.1 Å². The summed E-state index contributed by atoms with van der Waals surface area (Å²) in [5.41, 5.74) is 1.65. The van der Waals surface area contributed by atoms with E-state index in [4.69, 9.17) is 11.6 Å². The second-order valence-electron chi connectivity index (χ2n) is 5.15. The quantitative estimate of drug-likeness (QED) is 0.722. The fraction of sp³-hybridized carbons (Fsp3) is 0.118. The second kappa shape index (κ2) is 7.03. The van der Waals surface area contributed by atoms with Crippen LogP contribution in [0.3, 0.4) is 0 Å². The number of aromatic nitrogens is 1. The van der Waals surface area contributed by atoms with Crippen LogP contribution in [0.5, 0.6) is 0 Å². The molecule has 1 aromatic heterocycles. The zero-order chi connectivity index (χ0) is 17.2. The SMILES string of the molecule is Cc1nc(-c2ccccc2Cl)sc1CNS(=O)(=O)c1ccccc1. The fourth-order valence-corrected chi connectivity index (χ4v) is 4.62. The van der Waals surface area contributed by atoms with Crippen LogP contribution in [0, 0.1) is 6.92 Å². The van der Waals surface area contributed by atoms with Crippen LogP contribution in [0.2, 0.25) is 5.02 Å². The van der Waals surface area contributed by atoms with Gasteiger partial charge in [-0.1, -0.05) is 48.0 Å². The van der Waals surface area contributed by atoms with Crippen molar-refractivity contribution in [3.05, 3.63) is 70.2 Å². The topological polar surface area (TPSA) is 59.1 Å². The molecule has 0 aliphatic carbocycles. The maximum atomic E-state index is 12.3. The van der Waals surface area contributed by atoms with Gasteiger partial charge in [-0.25, -0.2) is 18.1 Å². The molecule has 0 radical (unpaired) electrons. The van der Waals surface area contributed by atoms with Crippen molar-refractivity contribution < 1.29 is 8.42 Å². The van der Waals surface area contributed by atoms with Gasteiger partial charge in [-0.15, -0.1) is 11.3 Å². The highest BCUT2D eigenvalue weighted by Crippen LogP contribution is 2.32. The summed E-state index contributed by atoms with van der Waals surface area (Å²) in [5.74, 6) is 0. The molecular formula is C17H15ClN2O2S2. The van der Waals surface area contributed by atoms with Gasteiger partial charge in [-0.05, 0) is 25.1 Å². The van der Waals surface area contributed by atoms with Gasteiger partial charge in [0, 0.05) is 17.0 Å². The van der Waals surface area contributed by atoms with Gasteiger partial charge >= 0.3 is 0 Å². The van der Waals surface area contributed by atoms with Gasteiger partial charge in [0.05, 0.1) is 15.6 Å². The molecule has 1 heterocycles. The summed E-state index contributed by atoms with van der Waals surface area (Å²) in [7, 11) is -3.54. The van der Waals surface area contributed by atoms with E-state index in [1.807, 2.05) is 31.2 Å². The number of nitrogens with zero attached hydrogens (tertiary/aromatic N) is 1. The first-order chi connectivity index (χ1) is 11.5. The predicted molar refractivity (Wildman–Crippen MR) is 97.8 cm³/mol. The highest BCUT2D eigenvalue weighted by atomic mass is 35.5. The van der Waals surface area contributed by atoms with Crippen molar-refractivity contribution in [1.29, 1.82) is 0 Å². The number of sulfonamides is 1. The van der Waals surface area contributed by atoms with Crippen LogP contribution in [0.25, 0.3) is 10.6 Å². The summed E-state index contributed by atoms with van der Waals surface area (Å²) in [4.78, 5) is 5.63. The van der Waals surface area contributed by atoms with E-state index in [2.05, 4.69) is 9.71 Å². The lowest BCUT2D eigenvalue weighted by Gasteiger charge is -2.05. The molecule has 7 heteroatoms. The summed E-state index contributed by atoms with van der Waals surface area (Å²) in [6.45, 7) is 2.06. The van der Waals surface area contributed by atoms with E-state index in [1.165, 1.54) is 11.3 Å². The van der Waals surface area contributed by atoms with Crippen LogP contribution in [-0.2, 0) is 16.6 Å². The highest BCUT2D eigenvalue weighted by molar-refractivity contribution is 7.89. The molecule has 0 aliphatic rings. The van der Waals surface area contributed by atoms with Crippen LogP contribution in [0.1, 0.15) is 10.6 Å². The highest BCUT2D eigenvalue weighted by Gasteiger charge is 2.16. The summed E-state index contributed by atoms with van der Waals surface area (Å²) in [6.07, 6.45) is 0. The Morgan fingerprint density at radius 1 is 1.08 bits per heavy atom. The molecule has 1 N–H and O–H groups in total. The van der Waals surface area contributed by atoms with Gasteiger partial charge in [-0.2, -0.15) is 0 Å². The molecule has 4 nitrogen and oxygen atoms in total. The molecule has 124 valence electrons. The van der Waals surface area contributed by atoms with Crippen LogP contribution in [-0.4, -0.2) is 13.4 Å². The summed E-state index contributed by atoms with van der Waals surface area (Å²) in [5, 5.41) is 1.41. The molecule has 0 saturated heterocycles. The Morgan fingerprint density at radius 2 is 1.75 bits per heavy atom. The van der Waals surface area contributed by atoms with Crippen molar-refractivity contribution in [3.8, 4) is 10.6 Å². The summed E-state index contributed by atoms with van der Waals surface area (Å²) < 4.78 is 27.2. The van der Waals surface area contributed by atoms with Gasteiger partial charge < -0.3 is 0 Å². The first-order valence-corrected chi connectivity index (χ1v) is 9.91. The first-order valence-electron chi connectivity index (χ1n) is 7.23. The second-order valence-corrected chi connectivity index (χ2v) is 8.40. The minimum absolute atomic E-state index is 0.200. The lowest BCUT2D eigenvalue weighted by molar-refractivity contribution is 0.581. The Balaban J connectivity index is 1.81. The Kier molecular flexibility index (Phi) is 5.01. The van der Waals surface area contributed by atoms with Crippen LogP contribution >= 0.6 is 22.9 Å². The third kappa shape index (κ3) is 3.67. The van der Waals surface area contributed by atoms with Crippen LogP contribution in [0.4, 0.5) is 0 Å². The zero-order valence-electron chi connectivity index (χ0n) is 12.9. The normalized spacial score (nSPS) is 11.6. The number of thiazole rings is 1. The number of hydrogen-bond donors (Lipinski definition) is 1. The lowest BCUT2D eigenvalue weighted by atomic mass is 10.2. The molecule has 24 heavy (non-hydrogen) atoms. The molecule has 0 spiro atoms. The third-order valence-electron chi connectivity index (χ3n) is 3.47. The molecule has 0 bridgehead atoms. The van der Waals surface area contributed by atoms with E-state index in [9.17, 15) is 8.42 Å². The molecule has 3 rings (SSSR count). The van der Waals surface area contributed by atoms with Crippen molar-refractivity contribution in [2.24, 2.45) is 0 Å². The van der Waals surface area contributed by atoms with Crippen molar-refractivity contribution in [2.75, 3.05) is 0 Å². The predicted octanol–water partition coefficient (Wildman–Crippen LogP) is 4.25. The Morgan fingerprint density at radius 3 is 2.46 bits per heavy atom. The van der Waals surface area contributed by atoms with Crippen LogP contribution < -0.4 is 4.72 Å². The van der Waals surface area contributed by atoms with Crippen molar-refractivity contribution in [1.82, 2.24) is 9.71 Å². The maximum absolute atomic E-state index is 12.3. The van der Waals surface area contributed by atoms with E-state index in [1.54, 1.807) is 30.3 Å². The average molecular weight is 379 g/mol. The third-order valence-corrected chi connectivity index (χ3v) is 6.41. The molecular weight excluding hydrogens is 364 g/mol. The Bertz CT molecular complexity index is 954. The standard InChI is InChI=1S/C17H15ClN2O2S2/c1-12-16(11-19-24(21,22)13-7-3-2-4-8-13)23-17(20-12)14-9-5-6-10-15(14)18/h2-10,19H,11H2,1H3. The van der Waals surface area contributed by atoms with Crippen molar-refractivity contribution >= 4 is 33.0 Å². The van der Waals surface area contributed by atoms with Crippen molar-refractivity contribution in [2.45, 2.75) is 18.4 Å². The van der Waals surface area contributed by atoms with E-state index >= 15 is 0 Å². The van der Waals surface area contributed by atoms with Gasteiger partial charge in [0.2, 0.25) is 10.0 Å². The maximum Gasteiger partial charge on any atom is 0.240 e. The molecule has 2 aromatic carbocycles. The largest absolute Gasteiger partial charge is 0.241 e. The van der Waals surface area contributed by atoms with E-state index in [-0.39, 0.29) is 11.4 Å². The number of aryl methyl sites for hydroxylation is 1. The fourth-order valence-electron chi connectivity index (χ4n) is 2.19. The summed E-state index contributed by atoms with van der Waals surface area (Å²) in [6, 6.07) is 15.8. The first kappa shape index (κ1) is 17.1. The molecule has 0 atom stereocenters. The van der Waals surface area contributed by atoms with Crippen LogP contribution in [0.15, 0.2) is 59.5 Å². The average Bonchev–Trinajstić information content (AvgIpc) is 2.95. The number of benzene rings is 2. The minimum Gasteiger partial charge on any atom is -0.241 e.